The molecular weight excluding hydrogens is 396 g/mol. The van der Waals surface area contributed by atoms with Crippen molar-refractivity contribution in [2.75, 3.05) is 25.6 Å². The summed E-state index contributed by atoms with van der Waals surface area (Å²) in [6.45, 7) is 2.28. The van der Waals surface area contributed by atoms with Gasteiger partial charge in [0.2, 0.25) is 0 Å². The largest absolute Gasteiger partial charge is 0.468 e. The van der Waals surface area contributed by atoms with E-state index in [4.69, 9.17) is 9.72 Å². The Morgan fingerprint density at radius 2 is 1.66 bits per heavy atom. The van der Waals surface area contributed by atoms with Gasteiger partial charge in [-0.25, -0.2) is 4.98 Å². The van der Waals surface area contributed by atoms with Crippen molar-refractivity contribution < 1.29 is 9.53 Å². The number of nitrogens with zero attached hydrogens (tertiary/aromatic N) is 2. The minimum absolute atomic E-state index is 0.151. The number of aromatic nitrogens is 1. The summed E-state index contributed by atoms with van der Waals surface area (Å²) in [4.78, 5) is 18.4. The van der Waals surface area contributed by atoms with E-state index in [0.29, 0.717) is 0 Å². The average molecular weight is 425 g/mol. The van der Waals surface area contributed by atoms with Gasteiger partial charge in [0.15, 0.2) is 0 Å². The first-order chi connectivity index (χ1) is 15.5. The number of benzene rings is 3. The van der Waals surface area contributed by atoms with Crippen LogP contribution in [0.4, 0.5) is 5.82 Å². The zero-order chi connectivity index (χ0) is 22.5. The van der Waals surface area contributed by atoms with Crippen LogP contribution in [-0.4, -0.2) is 31.7 Å². The fourth-order valence-corrected chi connectivity index (χ4v) is 3.96. The average Bonchev–Trinajstić information content (AvgIpc) is 2.82. The third kappa shape index (κ3) is 4.97. The number of hydrogen-bond acceptors (Lipinski definition) is 4. The van der Waals surface area contributed by atoms with Crippen molar-refractivity contribution in [2.45, 2.75) is 19.8 Å². The summed E-state index contributed by atoms with van der Waals surface area (Å²) in [7, 11) is 3.26. The molecule has 0 saturated carbocycles. The van der Waals surface area contributed by atoms with E-state index in [1.807, 2.05) is 30.1 Å². The highest BCUT2D eigenvalue weighted by Crippen LogP contribution is 2.32. The molecule has 32 heavy (non-hydrogen) atoms. The number of ether oxygens (including phenoxy) is 1. The van der Waals surface area contributed by atoms with Crippen molar-refractivity contribution in [1.82, 2.24) is 4.98 Å². The van der Waals surface area contributed by atoms with E-state index in [0.717, 1.165) is 40.7 Å². The van der Waals surface area contributed by atoms with Crippen molar-refractivity contribution in [3.05, 3.63) is 95.6 Å². The van der Waals surface area contributed by atoms with Crippen LogP contribution in [-0.2, 0) is 22.4 Å². The van der Waals surface area contributed by atoms with E-state index in [9.17, 15) is 4.79 Å². The predicted molar refractivity (Wildman–Crippen MR) is 131 cm³/mol. The highest BCUT2D eigenvalue weighted by molar-refractivity contribution is 5.96. The molecule has 0 aliphatic heterocycles. The molecule has 4 aromatic rings. The van der Waals surface area contributed by atoms with E-state index < -0.39 is 0 Å². The summed E-state index contributed by atoms with van der Waals surface area (Å²) in [5, 5.41) is 1.12. The summed E-state index contributed by atoms with van der Waals surface area (Å²) >= 11 is 0. The number of methoxy groups -OCH3 is 1. The van der Waals surface area contributed by atoms with Gasteiger partial charge in [-0.2, -0.15) is 0 Å². The van der Waals surface area contributed by atoms with Gasteiger partial charge in [-0.1, -0.05) is 66.2 Å². The third-order valence-electron chi connectivity index (χ3n) is 5.71. The molecule has 0 aliphatic rings. The zero-order valence-electron chi connectivity index (χ0n) is 18.8. The van der Waals surface area contributed by atoms with Gasteiger partial charge < -0.3 is 9.64 Å². The Labute approximate surface area is 189 Å². The fraction of sp³-hybridized carbons (Fsp3) is 0.214. The fourth-order valence-electron chi connectivity index (χ4n) is 3.96. The lowest BCUT2D eigenvalue weighted by Crippen LogP contribution is -2.27. The first kappa shape index (κ1) is 21.6. The lowest BCUT2D eigenvalue weighted by atomic mass is 9.97. The SMILES string of the molecule is COC(=O)CN(C)c1cc(-c2ccccc2)c2cc(CCc3cccc(C)c3)ccc2n1. The molecule has 0 bridgehead atoms. The van der Waals surface area contributed by atoms with Gasteiger partial charge in [-0.15, -0.1) is 0 Å². The summed E-state index contributed by atoms with van der Waals surface area (Å²) in [5.41, 5.74) is 7.08. The van der Waals surface area contributed by atoms with Gasteiger partial charge in [0, 0.05) is 12.4 Å². The monoisotopic (exact) mass is 424 g/mol. The number of hydrogen-bond donors (Lipinski definition) is 0. The van der Waals surface area contributed by atoms with E-state index >= 15 is 0 Å². The first-order valence-corrected chi connectivity index (χ1v) is 10.9. The second kappa shape index (κ2) is 9.65. The molecule has 0 amide bonds. The molecule has 0 aliphatic carbocycles. The van der Waals surface area contributed by atoms with Crippen LogP contribution in [0.2, 0.25) is 0 Å². The smallest absolute Gasteiger partial charge is 0.325 e. The molecule has 0 radical (unpaired) electrons. The topological polar surface area (TPSA) is 42.4 Å². The predicted octanol–water partition coefficient (Wildman–Crippen LogP) is 5.60. The molecule has 4 nitrogen and oxygen atoms in total. The number of fused-ring (bicyclic) bond motifs is 1. The molecule has 162 valence electrons. The molecule has 0 saturated heterocycles. The van der Waals surface area contributed by atoms with Crippen molar-refractivity contribution in [3.8, 4) is 11.1 Å². The molecule has 1 aromatic heterocycles. The Morgan fingerprint density at radius 3 is 2.38 bits per heavy atom. The molecule has 0 spiro atoms. The molecule has 0 unspecified atom stereocenters. The van der Waals surface area contributed by atoms with Gasteiger partial charge in [0.25, 0.3) is 0 Å². The lowest BCUT2D eigenvalue weighted by molar-refractivity contribution is -0.138. The third-order valence-corrected chi connectivity index (χ3v) is 5.71. The Balaban J connectivity index is 1.72. The van der Waals surface area contributed by atoms with Gasteiger partial charge in [-0.05, 0) is 60.2 Å². The zero-order valence-corrected chi connectivity index (χ0v) is 18.8. The van der Waals surface area contributed by atoms with Crippen molar-refractivity contribution in [1.29, 1.82) is 0 Å². The molecule has 0 N–H and O–H groups in total. The van der Waals surface area contributed by atoms with Crippen molar-refractivity contribution >= 4 is 22.7 Å². The second-order valence-corrected chi connectivity index (χ2v) is 8.17. The normalized spacial score (nSPS) is 10.8. The summed E-state index contributed by atoms with van der Waals surface area (Å²) in [6.07, 6.45) is 1.97. The van der Waals surface area contributed by atoms with Crippen LogP contribution in [0.15, 0.2) is 78.9 Å². The van der Waals surface area contributed by atoms with E-state index in [1.165, 1.54) is 23.8 Å². The molecule has 0 atom stereocenters. The quantitative estimate of drug-likeness (QED) is 0.362. The summed E-state index contributed by atoms with van der Waals surface area (Å²) in [6, 6.07) is 27.6. The van der Waals surface area contributed by atoms with Gasteiger partial charge in [-0.3, -0.25) is 4.79 Å². The number of likely N-dealkylation sites (N-methyl/N-ethyl adjacent to an activating group) is 1. The number of aryl methyl sites for hydroxylation is 3. The molecule has 4 rings (SSSR count). The Kier molecular flexibility index (Phi) is 6.50. The van der Waals surface area contributed by atoms with E-state index in [1.54, 1.807) is 0 Å². The molecule has 0 fully saturated rings. The maximum absolute atomic E-state index is 11.8. The highest BCUT2D eigenvalue weighted by atomic mass is 16.5. The van der Waals surface area contributed by atoms with Gasteiger partial charge in [0.05, 0.1) is 12.6 Å². The number of anilines is 1. The number of carbonyl (C=O) groups is 1. The summed E-state index contributed by atoms with van der Waals surface area (Å²) in [5.74, 6) is 0.455. The molecule has 1 heterocycles. The minimum atomic E-state index is -0.290. The minimum Gasteiger partial charge on any atom is -0.468 e. The Hall–Kier alpha value is -3.66. The summed E-state index contributed by atoms with van der Waals surface area (Å²) < 4.78 is 4.82. The number of rotatable bonds is 7. The molecule has 3 aromatic carbocycles. The lowest BCUT2D eigenvalue weighted by Gasteiger charge is -2.19. The molecular formula is C28H28N2O2. The van der Waals surface area contributed by atoms with Crippen molar-refractivity contribution in [2.24, 2.45) is 0 Å². The van der Waals surface area contributed by atoms with Crippen LogP contribution in [0.5, 0.6) is 0 Å². The van der Waals surface area contributed by atoms with E-state index in [2.05, 4.69) is 67.6 Å². The van der Waals surface area contributed by atoms with Crippen LogP contribution >= 0.6 is 0 Å². The van der Waals surface area contributed by atoms with Gasteiger partial charge >= 0.3 is 5.97 Å². The maximum Gasteiger partial charge on any atom is 0.325 e. The van der Waals surface area contributed by atoms with Gasteiger partial charge in [0.1, 0.15) is 12.4 Å². The number of carbonyl (C=O) groups excluding carboxylic acids is 1. The molecule has 4 heteroatoms. The van der Waals surface area contributed by atoms with E-state index in [-0.39, 0.29) is 12.5 Å². The number of pyridine rings is 1. The van der Waals surface area contributed by atoms with Crippen LogP contribution < -0.4 is 4.90 Å². The van der Waals surface area contributed by atoms with Crippen LogP contribution in [0, 0.1) is 6.92 Å². The Morgan fingerprint density at radius 1 is 0.906 bits per heavy atom. The second-order valence-electron chi connectivity index (χ2n) is 8.17. The first-order valence-electron chi connectivity index (χ1n) is 10.9. The standard InChI is InChI=1S/C28H28N2O2/c1-20-8-7-9-21(16-20)12-13-22-14-15-26-25(17-22)24(23-10-5-4-6-11-23)18-27(29-26)30(2)19-28(31)32-3/h4-11,14-18H,12-13,19H2,1-3H3. The number of esters is 1. The van der Waals surface area contributed by atoms with Crippen LogP contribution in [0.1, 0.15) is 16.7 Å². The van der Waals surface area contributed by atoms with Crippen LogP contribution in [0.25, 0.3) is 22.0 Å². The van der Waals surface area contributed by atoms with Crippen LogP contribution in [0.3, 0.4) is 0 Å². The highest BCUT2D eigenvalue weighted by Gasteiger charge is 2.14. The van der Waals surface area contributed by atoms with Crippen molar-refractivity contribution in [3.63, 3.8) is 0 Å². The Bertz CT molecular complexity index is 1230. The maximum atomic E-state index is 11.8.